The predicted octanol–water partition coefficient (Wildman–Crippen LogP) is 6.22. The van der Waals surface area contributed by atoms with Gasteiger partial charge in [0.1, 0.15) is 0 Å². The normalized spacial score (nSPS) is 15.7. The van der Waals surface area contributed by atoms with Crippen LogP contribution in [0.4, 0.5) is 10.5 Å². The van der Waals surface area contributed by atoms with Crippen molar-refractivity contribution >= 4 is 22.6 Å². The lowest BCUT2D eigenvalue weighted by molar-refractivity contribution is 0.193. The molecule has 31 heavy (non-hydrogen) atoms. The highest BCUT2D eigenvalue weighted by atomic mass is 16.2. The summed E-state index contributed by atoms with van der Waals surface area (Å²) in [5, 5.41) is 4.37. The minimum Gasteiger partial charge on any atom is -0.356 e. The van der Waals surface area contributed by atoms with Crippen molar-refractivity contribution in [2.24, 2.45) is 0 Å². The Balaban J connectivity index is 1.53. The zero-order chi connectivity index (χ0) is 21.4. The van der Waals surface area contributed by atoms with E-state index in [0.717, 1.165) is 35.3 Å². The molecule has 4 nitrogen and oxygen atoms in total. The third kappa shape index (κ3) is 3.59. The first kappa shape index (κ1) is 19.4. The van der Waals surface area contributed by atoms with Gasteiger partial charge in [0.2, 0.25) is 0 Å². The van der Waals surface area contributed by atoms with E-state index in [1.54, 1.807) is 0 Å². The fourth-order valence-corrected chi connectivity index (χ4v) is 4.57. The van der Waals surface area contributed by atoms with Gasteiger partial charge in [0, 0.05) is 28.8 Å². The van der Waals surface area contributed by atoms with Crippen LogP contribution in [0.25, 0.3) is 10.9 Å². The number of nitrogens with zero attached hydrogens (tertiary/aromatic N) is 1. The lowest BCUT2D eigenvalue weighted by Crippen LogP contribution is -2.43. The fraction of sp³-hybridized carbons (Fsp3) is 0.222. The number of amides is 2. The zero-order valence-electron chi connectivity index (χ0n) is 18.0. The van der Waals surface area contributed by atoms with Crippen molar-refractivity contribution in [1.29, 1.82) is 0 Å². The van der Waals surface area contributed by atoms with Crippen molar-refractivity contribution in [1.82, 2.24) is 9.88 Å². The van der Waals surface area contributed by atoms with E-state index in [0.29, 0.717) is 6.54 Å². The second kappa shape index (κ2) is 7.95. The van der Waals surface area contributed by atoms with Crippen LogP contribution < -0.4 is 5.32 Å². The summed E-state index contributed by atoms with van der Waals surface area (Å²) >= 11 is 0. The van der Waals surface area contributed by atoms with Gasteiger partial charge in [-0.05, 0) is 54.7 Å². The van der Waals surface area contributed by atoms with E-state index in [1.165, 1.54) is 22.1 Å². The molecule has 0 radical (unpaired) electrons. The number of carbonyl (C=O) groups is 1. The smallest absolute Gasteiger partial charge is 0.322 e. The molecule has 2 N–H and O–H groups in total. The average Bonchev–Trinajstić information content (AvgIpc) is 3.18. The van der Waals surface area contributed by atoms with Gasteiger partial charge >= 0.3 is 6.03 Å². The number of fused-ring (bicyclic) bond motifs is 3. The maximum Gasteiger partial charge on any atom is 0.322 e. The number of rotatable bonds is 3. The number of aromatic amines is 1. The Hall–Kier alpha value is -3.53. The maximum atomic E-state index is 13.4. The second-order valence-corrected chi connectivity index (χ2v) is 8.30. The average molecular weight is 410 g/mol. The Morgan fingerprint density at radius 1 is 1.03 bits per heavy atom. The molecule has 0 saturated heterocycles. The van der Waals surface area contributed by atoms with Crippen molar-refractivity contribution in [3.05, 3.63) is 101 Å². The number of H-pyrrole nitrogens is 1. The van der Waals surface area contributed by atoms with E-state index < -0.39 is 0 Å². The van der Waals surface area contributed by atoms with Gasteiger partial charge in [-0.3, -0.25) is 0 Å². The molecule has 0 bridgehead atoms. The van der Waals surface area contributed by atoms with Crippen LogP contribution in [-0.4, -0.2) is 22.5 Å². The number of carbonyl (C=O) groups excluding carboxylic acids is 1. The van der Waals surface area contributed by atoms with Gasteiger partial charge in [-0.15, -0.1) is 0 Å². The van der Waals surface area contributed by atoms with Crippen molar-refractivity contribution in [2.75, 3.05) is 11.9 Å². The van der Waals surface area contributed by atoms with Gasteiger partial charge < -0.3 is 15.2 Å². The van der Waals surface area contributed by atoms with Crippen LogP contribution in [0.1, 0.15) is 40.9 Å². The molecular formula is C27H27N3O. The third-order valence-electron chi connectivity index (χ3n) is 6.30. The van der Waals surface area contributed by atoms with Crippen molar-refractivity contribution < 1.29 is 4.79 Å². The fourth-order valence-electron chi connectivity index (χ4n) is 4.57. The molecule has 4 aromatic rings. The van der Waals surface area contributed by atoms with Gasteiger partial charge in [0.25, 0.3) is 0 Å². The molecule has 2 heterocycles. The quantitative estimate of drug-likeness (QED) is 0.415. The van der Waals surface area contributed by atoms with Crippen LogP contribution in [0.3, 0.4) is 0 Å². The molecule has 1 aliphatic rings. The number of aromatic nitrogens is 1. The summed E-state index contributed by atoms with van der Waals surface area (Å²) in [5.41, 5.74) is 7.98. The Bertz CT molecular complexity index is 1220. The second-order valence-electron chi connectivity index (χ2n) is 8.30. The summed E-state index contributed by atoms with van der Waals surface area (Å²) in [6.45, 7) is 4.89. The number of nitrogens with one attached hydrogen (secondary N) is 2. The molecule has 0 saturated carbocycles. The summed E-state index contributed by atoms with van der Waals surface area (Å²) in [6.07, 6.45) is 1.82. The topological polar surface area (TPSA) is 48.1 Å². The largest absolute Gasteiger partial charge is 0.356 e. The molecule has 2 amide bonds. The Labute approximate surface area is 182 Å². The molecule has 1 aromatic heterocycles. The van der Waals surface area contributed by atoms with Crippen molar-refractivity contribution in [3.63, 3.8) is 0 Å². The van der Waals surface area contributed by atoms with Gasteiger partial charge in [0.15, 0.2) is 0 Å². The number of hydrogen-bond acceptors (Lipinski definition) is 1. The SMILES string of the molecule is CCc1ccc(NC(=O)N2CCc3c([nH]c4ccccc34)[C@@H]2c2ccc(C)cc2)cc1. The lowest BCUT2D eigenvalue weighted by atomic mass is 9.92. The highest BCUT2D eigenvalue weighted by molar-refractivity contribution is 5.91. The number of hydrogen-bond donors (Lipinski definition) is 2. The van der Waals surface area contributed by atoms with Crippen LogP contribution in [0.5, 0.6) is 0 Å². The first-order valence-corrected chi connectivity index (χ1v) is 11.0. The molecule has 0 aliphatic carbocycles. The Morgan fingerprint density at radius 2 is 1.77 bits per heavy atom. The Kier molecular flexibility index (Phi) is 4.99. The summed E-state index contributed by atoms with van der Waals surface area (Å²) in [7, 11) is 0. The molecule has 0 fully saturated rings. The highest BCUT2D eigenvalue weighted by Gasteiger charge is 2.34. The third-order valence-corrected chi connectivity index (χ3v) is 6.30. The predicted molar refractivity (Wildman–Crippen MR) is 127 cm³/mol. The minimum absolute atomic E-state index is 0.0703. The van der Waals surface area contributed by atoms with Crippen LogP contribution in [-0.2, 0) is 12.8 Å². The number of aryl methyl sites for hydroxylation is 2. The summed E-state index contributed by atoms with van der Waals surface area (Å²) in [6, 6.07) is 24.8. The van der Waals surface area contributed by atoms with E-state index in [1.807, 2.05) is 17.0 Å². The molecular weight excluding hydrogens is 382 g/mol. The molecule has 1 atom stereocenters. The number of urea groups is 1. The van der Waals surface area contributed by atoms with E-state index in [9.17, 15) is 4.79 Å². The number of para-hydroxylation sites is 1. The molecule has 156 valence electrons. The van der Waals surface area contributed by atoms with Gasteiger partial charge in [-0.25, -0.2) is 4.79 Å². The summed E-state index contributed by atoms with van der Waals surface area (Å²) < 4.78 is 0. The zero-order valence-corrected chi connectivity index (χ0v) is 18.0. The molecule has 0 spiro atoms. The number of benzene rings is 3. The van der Waals surface area contributed by atoms with Crippen LogP contribution in [0.15, 0.2) is 72.8 Å². The molecule has 3 aromatic carbocycles. The first-order chi connectivity index (χ1) is 15.1. The van der Waals surface area contributed by atoms with Crippen molar-refractivity contribution in [2.45, 2.75) is 32.7 Å². The van der Waals surface area contributed by atoms with Gasteiger partial charge in [-0.1, -0.05) is 67.1 Å². The first-order valence-electron chi connectivity index (χ1n) is 11.0. The maximum absolute atomic E-state index is 13.4. The summed E-state index contributed by atoms with van der Waals surface area (Å²) in [5.74, 6) is 0. The monoisotopic (exact) mass is 409 g/mol. The van der Waals surface area contributed by atoms with Crippen LogP contribution in [0, 0.1) is 6.92 Å². The van der Waals surface area contributed by atoms with E-state index in [4.69, 9.17) is 0 Å². The molecule has 1 aliphatic heterocycles. The van der Waals surface area contributed by atoms with E-state index in [-0.39, 0.29) is 12.1 Å². The van der Waals surface area contributed by atoms with E-state index in [2.05, 4.69) is 84.8 Å². The standard InChI is InChI=1S/C27H27N3O/c1-3-19-10-14-21(15-11-19)28-27(31)30-17-16-23-22-6-4-5-7-24(22)29-25(23)26(30)20-12-8-18(2)9-13-20/h4-15,26,29H,3,16-17H2,1-2H3,(H,28,31)/t26-/m0/s1. The number of anilines is 1. The lowest BCUT2D eigenvalue weighted by Gasteiger charge is -2.36. The van der Waals surface area contributed by atoms with Gasteiger partial charge in [0.05, 0.1) is 6.04 Å². The minimum atomic E-state index is -0.147. The van der Waals surface area contributed by atoms with Crippen LogP contribution >= 0.6 is 0 Å². The molecule has 4 heteroatoms. The van der Waals surface area contributed by atoms with Crippen molar-refractivity contribution in [3.8, 4) is 0 Å². The van der Waals surface area contributed by atoms with E-state index >= 15 is 0 Å². The highest BCUT2D eigenvalue weighted by Crippen LogP contribution is 2.38. The van der Waals surface area contributed by atoms with Crippen LogP contribution in [0.2, 0.25) is 0 Å². The Morgan fingerprint density at radius 3 is 2.52 bits per heavy atom. The summed E-state index contributed by atoms with van der Waals surface area (Å²) in [4.78, 5) is 19.0. The molecule has 0 unspecified atom stereocenters. The van der Waals surface area contributed by atoms with Gasteiger partial charge in [-0.2, -0.15) is 0 Å². The molecule has 5 rings (SSSR count).